The van der Waals surface area contributed by atoms with Gasteiger partial charge in [0.1, 0.15) is 30.3 Å². The van der Waals surface area contributed by atoms with Gasteiger partial charge in [-0.05, 0) is 54.1 Å². The summed E-state index contributed by atoms with van der Waals surface area (Å²) in [7, 11) is 1.64. The number of nitrogens with one attached hydrogen (secondary N) is 1. The van der Waals surface area contributed by atoms with Gasteiger partial charge in [-0.3, -0.25) is 4.68 Å². The number of fused-ring (bicyclic) bond motifs is 2. The first-order chi connectivity index (χ1) is 16.2. The molecule has 2 aromatic heterocycles. The number of halogens is 1. The van der Waals surface area contributed by atoms with E-state index in [0.29, 0.717) is 25.6 Å². The number of anilines is 2. The van der Waals surface area contributed by atoms with Crippen LogP contribution in [0, 0.1) is 5.82 Å². The van der Waals surface area contributed by atoms with Crippen LogP contribution in [0.25, 0.3) is 21.8 Å². The molecule has 7 nitrogen and oxygen atoms in total. The fraction of sp³-hybridized carbons (Fsp3) is 0.160. The van der Waals surface area contributed by atoms with Gasteiger partial charge in [0, 0.05) is 23.6 Å². The minimum Gasteiger partial charge on any atom is -0.491 e. The van der Waals surface area contributed by atoms with Crippen LogP contribution in [0.1, 0.15) is 5.56 Å². The predicted octanol–water partition coefficient (Wildman–Crippen LogP) is 4.94. The molecule has 0 aliphatic heterocycles. The van der Waals surface area contributed by atoms with Crippen LogP contribution in [-0.4, -0.2) is 40.1 Å². The van der Waals surface area contributed by atoms with E-state index in [1.807, 2.05) is 47.1 Å². The Labute approximate surface area is 189 Å². The van der Waals surface area contributed by atoms with Crippen molar-refractivity contribution in [1.29, 1.82) is 0 Å². The van der Waals surface area contributed by atoms with Crippen LogP contribution in [0.4, 0.5) is 15.9 Å². The molecule has 0 aliphatic carbocycles. The van der Waals surface area contributed by atoms with Crippen LogP contribution in [0.2, 0.25) is 0 Å². The minimum atomic E-state index is -0.250. The van der Waals surface area contributed by atoms with E-state index < -0.39 is 0 Å². The third-order valence-electron chi connectivity index (χ3n) is 5.29. The van der Waals surface area contributed by atoms with Crippen molar-refractivity contribution in [3.8, 4) is 5.75 Å². The number of hydrogen-bond donors (Lipinski definition) is 1. The molecule has 33 heavy (non-hydrogen) atoms. The zero-order chi connectivity index (χ0) is 22.6. The highest BCUT2D eigenvalue weighted by atomic mass is 19.1. The zero-order valence-corrected chi connectivity index (χ0v) is 18.0. The summed E-state index contributed by atoms with van der Waals surface area (Å²) in [6.07, 6.45) is 3.34. The molecule has 0 bridgehead atoms. The molecule has 0 radical (unpaired) electrons. The number of methoxy groups -OCH3 is 1. The normalized spacial score (nSPS) is 11.2. The standard InChI is InChI=1S/C25H22FN5O2/c1-32-9-10-33-21-6-7-23-22(13-21)25(28-16-27-23)30-20-5-8-24-18(12-20)14-29-31(24)15-17-3-2-4-19(26)11-17/h2-8,11-14,16H,9-10,15H2,1H3,(H,27,28,30). The van der Waals surface area contributed by atoms with Crippen molar-refractivity contribution in [3.63, 3.8) is 0 Å². The van der Waals surface area contributed by atoms with Crippen molar-refractivity contribution in [2.75, 3.05) is 25.6 Å². The van der Waals surface area contributed by atoms with E-state index in [1.165, 1.54) is 18.5 Å². The zero-order valence-electron chi connectivity index (χ0n) is 18.0. The molecule has 8 heteroatoms. The third-order valence-corrected chi connectivity index (χ3v) is 5.29. The second-order valence-corrected chi connectivity index (χ2v) is 7.57. The summed E-state index contributed by atoms with van der Waals surface area (Å²) < 4.78 is 26.2. The molecule has 0 fully saturated rings. The second kappa shape index (κ2) is 9.22. The number of benzene rings is 3. The molecule has 5 aromatic rings. The summed E-state index contributed by atoms with van der Waals surface area (Å²) in [6, 6.07) is 18.2. The van der Waals surface area contributed by atoms with Crippen molar-refractivity contribution in [2.24, 2.45) is 0 Å². The smallest absolute Gasteiger partial charge is 0.141 e. The summed E-state index contributed by atoms with van der Waals surface area (Å²) in [5.74, 6) is 1.16. The summed E-state index contributed by atoms with van der Waals surface area (Å²) in [4.78, 5) is 8.78. The van der Waals surface area contributed by atoms with Crippen LogP contribution >= 0.6 is 0 Å². The van der Waals surface area contributed by atoms with Crippen LogP contribution in [0.15, 0.2) is 73.2 Å². The number of aromatic nitrogens is 4. The Bertz CT molecular complexity index is 1420. The van der Waals surface area contributed by atoms with Crippen molar-refractivity contribution in [1.82, 2.24) is 19.7 Å². The first-order valence-electron chi connectivity index (χ1n) is 10.5. The van der Waals surface area contributed by atoms with Gasteiger partial charge in [-0.1, -0.05) is 12.1 Å². The van der Waals surface area contributed by atoms with E-state index in [4.69, 9.17) is 9.47 Å². The Kier molecular flexibility index (Phi) is 5.82. The largest absolute Gasteiger partial charge is 0.491 e. The van der Waals surface area contributed by atoms with Crippen molar-refractivity contribution in [2.45, 2.75) is 6.54 Å². The average molecular weight is 443 g/mol. The quantitative estimate of drug-likeness (QED) is 0.343. The molecule has 0 atom stereocenters. The molecule has 2 heterocycles. The van der Waals surface area contributed by atoms with Gasteiger partial charge in [0.05, 0.1) is 30.4 Å². The van der Waals surface area contributed by atoms with Crippen molar-refractivity contribution >= 4 is 33.3 Å². The van der Waals surface area contributed by atoms with Gasteiger partial charge in [0.2, 0.25) is 0 Å². The van der Waals surface area contributed by atoms with E-state index in [2.05, 4.69) is 20.4 Å². The monoisotopic (exact) mass is 443 g/mol. The molecule has 0 aliphatic rings. The highest BCUT2D eigenvalue weighted by Gasteiger charge is 2.09. The maximum atomic E-state index is 13.5. The highest BCUT2D eigenvalue weighted by Crippen LogP contribution is 2.28. The summed E-state index contributed by atoms with van der Waals surface area (Å²) in [6.45, 7) is 1.48. The van der Waals surface area contributed by atoms with Crippen LogP contribution in [-0.2, 0) is 11.3 Å². The molecular formula is C25H22FN5O2. The molecule has 0 saturated carbocycles. The topological polar surface area (TPSA) is 74.1 Å². The Morgan fingerprint density at radius 1 is 1.00 bits per heavy atom. The lowest BCUT2D eigenvalue weighted by Gasteiger charge is -2.11. The fourth-order valence-electron chi connectivity index (χ4n) is 3.70. The Hall–Kier alpha value is -4.04. The number of ether oxygens (including phenoxy) is 2. The molecule has 0 amide bonds. The summed E-state index contributed by atoms with van der Waals surface area (Å²) >= 11 is 0. The van der Waals surface area contributed by atoms with Gasteiger partial charge in [0.15, 0.2) is 0 Å². The lowest BCUT2D eigenvalue weighted by atomic mass is 10.2. The first kappa shape index (κ1) is 20.8. The number of hydrogen-bond acceptors (Lipinski definition) is 6. The average Bonchev–Trinajstić information content (AvgIpc) is 3.21. The lowest BCUT2D eigenvalue weighted by molar-refractivity contribution is 0.146. The first-order valence-corrected chi connectivity index (χ1v) is 10.5. The molecule has 0 saturated heterocycles. The summed E-state index contributed by atoms with van der Waals surface area (Å²) in [5.41, 5.74) is 3.51. The van der Waals surface area contributed by atoms with Gasteiger partial charge < -0.3 is 14.8 Å². The van der Waals surface area contributed by atoms with Gasteiger partial charge in [0.25, 0.3) is 0 Å². The van der Waals surface area contributed by atoms with Crippen LogP contribution < -0.4 is 10.1 Å². The van der Waals surface area contributed by atoms with E-state index in [9.17, 15) is 4.39 Å². The maximum Gasteiger partial charge on any atom is 0.141 e. The summed E-state index contributed by atoms with van der Waals surface area (Å²) in [5, 5.41) is 9.69. The minimum absolute atomic E-state index is 0.250. The highest BCUT2D eigenvalue weighted by molar-refractivity contribution is 5.92. The third kappa shape index (κ3) is 4.61. The predicted molar refractivity (Wildman–Crippen MR) is 125 cm³/mol. The lowest BCUT2D eigenvalue weighted by Crippen LogP contribution is -2.04. The van der Waals surface area contributed by atoms with E-state index >= 15 is 0 Å². The molecule has 3 aromatic carbocycles. The van der Waals surface area contributed by atoms with Crippen LogP contribution in [0.5, 0.6) is 5.75 Å². The van der Waals surface area contributed by atoms with Gasteiger partial charge in [-0.2, -0.15) is 5.10 Å². The van der Waals surface area contributed by atoms with Gasteiger partial charge >= 0.3 is 0 Å². The number of rotatable bonds is 8. The molecule has 0 unspecified atom stereocenters. The maximum absolute atomic E-state index is 13.5. The molecule has 1 N–H and O–H groups in total. The van der Waals surface area contributed by atoms with E-state index in [-0.39, 0.29) is 5.82 Å². The fourth-order valence-corrected chi connectivity index (χ4v) is 3.70. The van der Waals surface area contributed by atoms with Gasteiger partial charge in [-0.25, -0.2) is 14.4 Å². The van der Waals surface area contributed by atoms with Crippen LogP contribution in [0.3, 0.4) is 0 Å². The molecule has 166 valence electrons. The van der Waals surface area contributed by atoms with E-state index in [0.717, 1.165) is 38.8 Å². The number of nitrogens with zero attached hydrogens (tertiary/aromatic N) is 4. The Morgan fingerprint density at radius 2 is 1.94 bits per heavy atom. The molecule has 5 rings (SSSR count). The second-order valence-electron chi connectivity index (χ2n) is 7.57. The van der Waals surface area contributed by atoms with E-state index in [1.54, 1.807) is 19.4 Å². The Balaban J connectivity index is 1.40. The SMILES string of the molecule is COCCOc1ccc2ncnc(Nc3ccc4c(cnn4Cc4cccc(F)c4)c3)c2c1. The molecule has 0 spiro atoms. The van der Waals surface area contributed by atoms with Crippen molar-refractivity contribution < 1.29 is 13.9 Å². The Morgan fingerprint density at radius 3 is 2.82 bits per heavy atom. The molecular weight excluding hydrogens is 421 g/mol. The van der Waals surface area contributed by atoms with Crippen molar-refractivity contribution in [3.05, 3.63) is 84.6 Å². The van der Waals surface area contributed by atoms with Gasteiger partial charge in [-0.15, -0.1) is 0 Å².